The number of carbonyl (C=O) groups excluding carboxylic acids is 1. The fourth-order valence-corrected chi connectivity index (χ4v) is 2.00. The van der Waals surface area contributed by atoms with E-state index in [-0.39, 0.29) is 19.0 Å². The van der Waals surface area contributed by atoms with Gasteiger partial charge in [0.25, 0.3) is 5.92 Å². The van der Waals surface area contributed by atoms with E-state index in [0.717, 1.165) is 0 Å². The summed E-state index contributed by atoms with van der Waals surface area (Å²) < 4.78 is 31.1. The Labute approximate surface area is 119 Å². The number of aromatic nitrogens is 1. The lowest BCUT2D eigenvalue weighted by atomic mass is 10.2. The lowest BCUT2D eigenvalue weighted by Gasteiger charge is -2.11. The average Bonchev–Trinajstić information content (AvgIpc) is 2.77. The molecule has 1 amide bonds. The molecule has 110 valence electrons. The molecule has 1 atom stereocenters. The molecule has 0 bridgehead atoms. The van der Waals surface area contributed by atoms with Crippen molar-refractivity contribution in [3.8, 4) is 5.88 Å². The van der Waals surface area contributed by atoms with Crippen LogP contribution in [0.25, 0.3) is 0 Å². The number of amides is 1. The van der Waals surface area contributed by atoms with E-state index in [1.165, 1.54) is 6.20 Å². The molecule has 1 aromatic heterocycles. The Balaban J connectivity index is 1.69. The molecule has 1 aromatic rings. The first-order valence-corrected chi connectivity index (χ1v) is 6.48. The van der Waals surface area contributed by atoms with Crippen LogP contribution in [-0.2, 0) is 4.79 Å². The zero-order chi connectivity index (χ0) is 14.6. The molecule has 0 radical (unpaired) electrons. The first-order valence-electron chi connectivity index (χ1n) is 6.10. The second-order valence-corrected chi connectivity index (χ2v) is 4.83. The topological polar surface area (TPSA) is 63.2 Å². The Bertz CT molecular complexity index is 488. The zero-order valence-electron chi connectivity index (χ0n) is 10.5. The summed E-state index contributed by atoms with van der Waals surface area (Å²) in [5.74, 6) is -3.01. The normalized spacial score (nSPS) is 20.6. The monoisotopic (exact) mass is 305 g/mol. The molecular weight excluding hydrogens is 292 g/mol. The van der Waals surface area contributed by atoms with E-state index < -0.39 is 30.8 Å². The number of ether oxygens (including phenoxy) is 1. The van der Waals surface area contributed by atoms with Crippen LogP contribution in [-0.4, -0.2) is 42.6 Å². The Morgan fingerprint density at radius 3 is 3.10 bits per heavy atom. The van der Waals surface area contributed by atoms with Gasteiger partial charge in [-0.3, -0.25) is 10.1 Å². The summed E-state index contributed by atoms with van der Waals surface area (Å²) in [6.07, 6.45) is 1.05. The first-order chi connectivity index (χ1) is 9.48. The third-order valence-electron chi connectivity index (χ3n) is 2.79. The number of hydrogen-bond donors (Lipinski definition) is 2. The van der Waals surface area contributed by atoms with Crippen LogP contribution in [0.4, 0.5) is 8.78 Å². The Morgan fingerprint density at radius 1 is 1.65 bits per heavy atom. The van der Waals surface area contributed by atoms with Crippen LogP contribution in [0.3, 0.4) is 0 Å². The second-order valence-electron chi connectivity index (χ2n) is 4.42. The largest absolute Gasteiger partial charge is 0.475 e. The van der Waals surface area contributed by atoms with Crippen molar-refractivity contribution in [1.82, 2.24) is 15.6 Å². The van der Waals surface area contributed by atoms with Crippen LogP contribution in [0.5, 0.6) is 5.88 Å². The highest BCUT2D eigenvalue weighted by Gasteiger charge is 2.42. The van der Waals surface area contributed by atoms with Crippen molar-refractivity contribution in [2.45, 2.75) is 18.4 Å². The van der Waals surface area contributed by atoms with Crippen LogP contribution in [0.2, 0.25) is 5.02 Å². The molecule has 8 heteroatoms. The lowest BCUT2D eigenvalue weighted by Crippen LogP contribution is -2.41. The SMILES string of the molecule is O=C(NCCOc1ncccc1Cl)C1CC(F)(F)CN1. The van der Waals surface area contributed by atoms with Gasteiger partial charge in [-0.15, -0.1) is 0 Å². The van der Waals surface area contributed by atoms with E-state index in [4.69, 9.17) is 16.3 Å². The molecule has 2 heterocycles. The predicted molar refractivity (Wildman–Crippen MR) is 69.1 cm³/mol. The Hall–Kier alpha value is -1.47. The number of halogens is 3. The molecule has 2 N–H and O–H groups in total. The molecule has 1 aliphatic rings. The van der Waals surface area contributed by atoms with Gasteiger partial charge < -0.3 is 10.1 Å². The summed E-state index contributed by atoms with van der Waals surface area (Å²) in [7, 11) is 0. The minimum atomic E-state index is -2.82. The van der Waals surface area contributed by atoms with Crippen molar-refractivity contribution in [2.75, 3.05) is 19.7 Å². The summed E-state index contributed by atoms with van der Waals surface area (Å²) in [6, 6.07) is 2.44. The van der Waals surface area contributed by atoms with E-state index in [9.17, 15) is 13.6 Å². The first kappa shape index (κ1) is 14.9. The van der Waals surface area contributed by atoms with E-state index in [1.807, 2.05) is 0 Å². The molecule has 1 unspecified atom stereocenters. The Kier molecular flexibility index (Phi) is 4.72. The fourth-order valence-electron chi connectivity index (χ4n) is 1.82. The number of pyridine rings is 1. The highest BCUT2D eigenvalue weighted by Crippen LogP contribution is 2.25. The molecule has 1 aliphatic heterocycles. The smallest absolute Gasteiger partial charge is 0.262 e. The van der Waals surface area contributed by atoms with Crippen molar-refractivity contribution < 1.29 is 18.3 Å². The fraction of sp³-hybridized carbons (Fsp3) is 0.500. The van der Waals surface area contributed by atoms with E-state index in [1.54, 1.807) is 12.1 Å². The molecule has 0 aliphatic carbocycles. The number of nitrogens with one attached hydrogen (secondary N) is 2. The maximum atomic E-state index is 12.9. The minimum absolute atomic E-state index is 0.158. The second kappa shape index (κ2) is 6.32. The van der Waals surface area contributed by atoms with Gasteiger partial charge in [-0.2, -0.15) is 0 Å². The van der Waals surface area contributed by atoms with Gasteiger partial charge in [-0.05, 0) is 12.1 Å². The minimum Gasteiger partial charge on any atom is -0.475 e. The quantitative estimate of drug-likeness (QED) is 0.803. The van der Waals surface area contributed by atoms with Crippen LogP contribution in [0.15, 0.2) is 18.3 Å². The maximum Gasteiger partial charge on any atom is 0.262 e. The van der Waals surface area contributed by atoms with Crippen molar-refractivity contribution >= 4 is 17.5 Å². The molecule has 5 nitrogen and oxygen atoms in total. The van der Waals surface area contributed by atoms with Gasteiger partial charge in [0, 0.05) is 12.6 Å². The number of hydrogen-bond acceptors (Lipinski definition) is 4. The predicted octanol–water partition coefficient (Wildman–Crippen LogP) is 1.23. The highest BCUT2D eigenvalue weighted by atomic mass is 35.5. The van der Waals surface area contributed by atoms with Gasteiger partial charge in [-0.1, -0.05) is 11.6 Å². The number of nitrogens with zero attached hydrogens (tertiary/aromatic N) is 1. The standard InChI is InChI=1S/C12H14ClF2N3O2/c13-8-2-1-3-17-11(8)20-5-4-16-10(19)9-6-12(14,15)7-18-9/h1-3,9,18H,4-7H2,(H,16,19). The number of rotatable bonds is 5. The van der Waals surface area contributed by atoms with Crippen LogP contribution >= 0.6 is 11.6 Å². The van der Waals surface area contributed by atoms with Gasteiger partial charge in [0.1, 0.15) is 11.6 Å². The zero-order valence-corrected chi connectivity index (χ0v) is 11.3. The molecular formula is C12H14ClF2N3O2. The van der Waals surface area contributed by atoms with Crippen LogP contribution in [0.1, 0.15) is 6.42 Å². The van der Waals surface area contributed by atoms with E-state index in [2.05, 4.69) is 15.6 Å². The van der Waals surface area contributed by atoms with Gasteiger partial charge in [-0.25, -0.2) is 13.8 Å². The third-order valence-corrected chi connectivity index (χ3v) is 3.08. The average molecular weight is 306 g/mol. The number of alkyl halides is 2. The summed E-state index contributed by atoms with van der Waals surface area (Å²) in [6.45, 7) is -0.119. The van der Waals surface area contributed by atoms with Crippen molar-refractivity contribution in [3.05, 3.63) is 23.4 Å². The third kappa shape index (κ3) is 4.01. The van der Waals surface area contributed by atoms with Gasteiger partial charge >= 0.3 is 0 Å². The molecule has 0 aromatic carbocycles. The van der Waals surface area contributed by atoms with Crippen LogP contribution < -0.4 is 15.4 Å². The van der Waals surface area contributed by atoms with Crippen molar-refractivity contribution in [3.63, 3.8) is 0 Å². The molecule has 1 fully saturated rings. The van der Waals surface area contributed by atoms with Crippen LogP contribution in [0, 0.1) is 0 Å². The summed E-state index contributed by atoms with van der Waals surface area (Å²) in [5, 5.41) is 5.37. The van der Waals surface area contributed by atoms with Crippen molar-refractivity contribution in [1.29, 1.82) is 0 Å². The Morgan fingerprint density at radius 2 is 2.45 bits per heavy atom. The molecule has 0 saturated carbocycles. The van der Waals surface area contributed by atoms with Gasteiger partial charge in [0.05, 0.1) is 19.1 Å². The van der Waals surface area contributed by atoms with E-state index in [0.29, 0.717) is 5.02 Å². The molecule has 1 saturated heterocycles. The highest BCUT2D eigenvalue weighted by molar-refractivity contribution is 6.31. The summed E-state index contributed by atoms with van der Waals surface area (Å²) in [5.41, 5.74) is 0. The van der Waals surface area contributed by atoms with Crippen molar-refractivity contribution in [2.24, 2.45) is 0 Å². The molecule has 2 rings (SSSR count). The lowest BCUT2D eigenvalue weighted by molar-refractivity contribution is -0.123. The summed E-state index contributed by atoms with van der Waals surface area (Å²) in [4.78, 5) is 15.5. The maximum absolute atomic E-state index is 12.9. The van der Waals surface area contributed by atoms with Gasteiger partial charge in [0.15, 0.2) is 0 Å². The van der Waals surface area contributed by atoms with E-state index >= 15 is 0 Å². The number of carbonyl (C=O) groups is 1. The van der Waals surface area contributed by atoms with Gasteiger partial charge in [0.2, 0.25) is 11.8 Å². The summed E-state index contributed by atoms with van der Waals surface area (Å²) >= 11 is 5.83. The molecule has 20 heavy (non-hydrogen) atoms. The molecule has 0 spiro atoms.